The predicted octanol–water partition coefficient (Wildman–Crippen LogP) is 7.01. The summed E-state index contributed by atoms with van der Waals surface area (Å²) in [5.74, 6) is -7.60. The van der Waals surface area contributed by atoms with Crippen molar-refractivity contribution in [2.75, 3.05) is 34.0 Å². The Morgan fingerprint density at radius 1 is 0.910 bits per heavy atom. The molecule has 15 atom stereocenters. The van der Waals surface area contributed by atoms with E-state index in [-0.39, 0.29) is 62.2 Å². The Balaban J connectivity index is 1.47. The highest BCUT2D eigenvalue weighted by Gasteiger charge is 2.56. The summed E-state index contributed by atoms with van der Waals surface area (Å²) in [6.45, 7) is 14.0. The second-order valence-corrected chi connectivity index (χ2v) is 20.0. The number of fused-ring (bicyclic) bond motifs is 3. The van der Waals surface area contributed by atoms with Crippen molar-refractivity contribution in [3.63, 3.8) is 0 Å². The summed E-state index contributed by atoms with van der Waals surface area (Å²) in [7, 11) is 3.07. The molecule has 0 spiro atoms. The lowest BCUT2D eigenvalue weighted by atomic mass is 9.81. The number of cyclic esters (lactones) is 1. The molecule has 1 saturated carbocycles. The molecule has 1 aromatic carbocycles. The van der Waals surface area contributed by atoms with E-state index in [4.69, 9.17) is 28.4 Å². The normalized spacial score (nSPS) is 36.4. The monoisotopic (exact) mass is 940 g/mol. The molecule has 0 radical (unpaired) electrons. The molecule has 3 aliphatic heterocycles. The molecule has 1 aliphatic carbocycles. The molecule has 3 heterocycles. The molecule has 5 rings (SSSR count). The van der Waals surface area contributed by atoms with Gasteiger partial charge in [0.1, 0.15) is 30.1 Å². The van der Waals surface area contributed by atoms with E-state index in [2.05, 4.69) is 13.0 Å². The van der Waals surface area contributed by atoms with Crippen LogP contribution in [0.2, 0.25) is 0 Å². The van der Waals surface area contributed by atoms with E-state index in [9.17, 15) is 34.5 Å². The molecule has 67 heavy (non-hydrogen) atoms. The Morgan fingerprint density at radius 2 is 1.61 bits per heavy atom. The van der Waals surface area contributed by atoms with Gasteiger partial charge in [-0.05, 0) is 107 Å². The van der Waals surface area contributed by atoms with Gasteiger partial charge in [0.2, 0.25) is 5.79 Å². The summed E-state index contributed by atoms with van der Waals surface area (Å²) in [5, 5.41) is 34.9. The van der Waals surface area contributed by atoms with Crippen molar-refractivity contribution < 1.29 is 62.9 Å². The van der Waals surface area contributed by atoms with Crippen LogP contribution in [-0.2, 0) is 47.6 Å². The molecule has 2 bridgehead atoms. The fourth-order valence-electron chi connectivity index (χ4n) is 10.7. The minimum atomic E-state index is -2.52. The van der Waals surface area contributed by atoms with Crippen molar-refractivity contribution >= 4 is 23.4 Å². The first kappa shape index (κ1) is 54.6. The quantitative estimate of drug-likeness (QED) is 0.110. The molecule has 376 valence electrons. The van der Waals surface area contributed by atoms with Crippen molar-refractivity contribution in [3.8, 4) is 0 Å². The van der Waals surface area contributed by atoms with E-state index in [1.165, 1.54) is 19.1 Å². The second kappa shape index (κ2) is 25.5. The van der Waals surface area contributed by atoms with Crippen LogP contribution in [0.3, 0.4) is 0 Å². The number of allylic oxidation sites excluding steroid dienone is 3. The number of aliphatic hydroxyl groups is 3. The average molecular weight is 940 g/mol. The lowest BCUT2D eigenvalue weighted by molar-refractivity contribution is -0.302. The highest BCUT2D eigenvalue weighted by molar-refractivity contribution is 6.39. The zero-order chi connectivity index (χ0) is 49.0. The minimum absolute atomic E-state index is 0.0154. The number of carbonyl (C=O) groups excluding carboxylic acids is 4. The third-order valence-corrected chi connectivity index (χ3v) is 14.8. The predicted molar refractivity (Wildman–Crippen MR) is 252 cm³/mol. The second-order valence-electron chi connectivity index (χ2n) is 20.0. The number of nitrogens with zero attached hydrogens (tertiary/aromatic N) is 1. The van der Waals surface area contributed by atoms with Crippen molar-refractivity contribution in [1.29, 1.82) is 0 Å². The van der Waals surface area contributed by atoms with E-state index >= 15 is 0 Å². The number of hydrogen-bond acceptors (Lipinski definition) is 13. The molecular formula is C53H81NO13. The van der Waals surface area contributed by atoms with Gasteiger partial charge in [0.15, 0.2) is 0 Å². The van der Waals surface area contributed by atoms with Crippen LogP contribution >= 0.6 is 0 Å². The number of aliphatic hydroxyl groups excluding tert-OH is 2. The smallest absolute Gasteiger partial charge is 0.329 e. The third-order valence-electron chi connectivity index (χ3n) is 14.8. The number of benzene rings is 1. The lowest BCUT2D eigenvalue weighted by Gasteiger charge is -2.47. The van der Waals surface area contributed by atoms with Crippen LogP contribution in [0, 0.1) is 29.6 Å². The number of hydrogen-bond donors (Lipinski definition) is 3. The molecule has 1 amide bonds. The average Bonchev–Trinajstić information content (AvgIpc) is 3.32. The number of esters is 1. The molecule has 2 saturated heterocycles. The Labute approximate surface area is 399 Å². The molecule has 3 fully saturated rings. The fraction of sp³-hybridized carbons (Fsp3) is 0.736. The molecule has 4 aliphatic rings. The van der Waals surface area contributed by atoms with Crippen LogP contribution in [0.4, 0.5) is 0 Å². The Morgan fingerprint density at radius 3 is 2.28 bits per heavy atom. The molecule has 1 aromatic rings. The van der Waals surface area contributed by atoms with Crippen LogP contribution < -0.4 is 0 Å². The van der Waals surface area contributed by atoms with Crippen LogP contribution in [0.5, 0.6) is 0 Å². The van der Waals surface area contributed by atoms with Gasteiger partial charge in [-0.25, -0.2) is 4.79 Å². The van der Waals surface area contributed by atoms with E-state index in [0.29, 0.717) is 57.1 Å². The Hall–Kier alpha value is -3.34. The van der Waals surface area contributed by atoms with Crippen molar-refractivity contribution in [3.05, 3.63) is 59.2 Å². The Kier molecular flexibility index (Phi) is 20.8. The first-order valence-corrected chi connectivity index (χ1v) is 25.0. The van der Waals surface area contributed by atoms with Crippen molar-refractivity contribution in [1.82, 2.24) is 4.90 Å². The summed E-state index contributed by atoms with van der Waals surface area (Å²) in [5.41, 5.74) is 2.44. The van der Waals surface area contributed by atoms with Crippen molar-refractivity contribution in [2.24, 2.45) is 29.6 Å². The molecular weight excluding hydrogens is 859 g/mol. The van der Waals surface area contributed by atoms with Gasteiger partial charge in [-0.2, -0.15) is 0 Å². The van der Waals surface area contributed by atoms with Crippen molar-refractivity contribution in [2.45, 2.75) is 186 Å². The van der Waals surface area contributed by atoms with Gasteiger partial charge in [-0.15, -0.1) is 0 Å². The maximum Gasteiger partial charge on any atom is 0.329 e. The van der Waals surface area contributed by atoms with Gasteiger partial charge in [0.25, 0.3) is 11.7 Å². The highest BCUT2D eigenvalue weighted by Crippen LogP contribution is 2.39. The summed E-state index contributed by atoms with van der Waals surface area (Å²) in [4.78, 5) is 58.6. The fourth-order valence-corrected chi connectivity index (χ4v) is 10.7. The first-order chi connectivity index (χ1) is 31.9. The number of piperidine rings is 1. The number of Topliss-reactive ketones (excluding diaryl/α,β-unsaturated/α-hetero) is 2. The summed E-state index contributed by atoms with van der Waals surface area (Å²) < 4.78 is 37.1. The van der Waals surface area contributed by atoms with Crippen LogP contribution in [-0.4, -0.2) is 132 Å². The number of carbonyl (C=O) groups is 4. The maximum absolute atomic E-state index is 14.6. The van der Waals surface area contributed by atoms with Gasteiger partial charge in [0.05, 0.1) is 37.1 Å². The lowest BCUT2D eigenvalue weighted by Crippen LogP contribution is -2.64. The molecule has 14 nitrogen and oxygen atoms in total. The Bertz CT molecular complexity index is 1840. The number of ether oxygens (including phenoxy) is 6. The number of methoxy groups -OCH3 is 2. The summed E-state index contributed by atoms with van der Waals surface area (Å²) in [6, 6.07) is 8.24. The number of ketones is 2. The van der Waals surface area contributed by atoms with Gasteiger partial charge in [-0.3, -0.25) is 14.4 Å². The van der Waals surface area contributed by atoms with Gasteiger partial charge in [0, 0.05) is 51.5 Å². The molecule has 0 aromatic heterocycles. The van der Waals surface area contributed by atoms with Crippen LogP contribution in [0.15, 0.2) is 53.6 Å². The van der Waals surface area contributed by atoms with E-state index < -0.39 is 83.9 Å². The van der Waals surface area contributed by atoms with Gasteiger partial charge < -0.3 is 48.6 Å². The van der Waals surface area contributed by atoms with Crippen LogP contribution in [0.1, 0.15) is 137 Å². The number of amides is 1. The number of rotatable bonds is 12. The SMILES string of the molecule is CCCOC1CC(C=C(C)C2OC(=O)C3CCCCN3C(=O)C(=O)C3(O)OC(C(OC)CC(C)CC(C)=CC(CC)C(=O)CC(O)C2C)C(OC)CC3C)CCC1OCC(O)c1ccccc1. The maximum atomic E-state index is 14.6. The molecule has 3 N–H and O–H groups in total. The molecule has 15 unspecified atom stereocenters. The molecule has 14 heteroatoms. The van der Waals surface area contributed by atoms with Gasteiger partial charge in [-0.1, -0.05) is 82.7 Å². The van der Waals surface area contributed by atoms with E-state index in [0.717, 1.165) is 24.0 Å². The third kappa shape index (κ3) is 13.9. The highest BCUT2D eigenvalue weighted by atomic mass is 16.7. The standard InChI is InChI=1S/C53H81NO13/c1-10-23-64-45-29-37(20-21-44(45)65-31-43(57)39-17-13-12-14-18-39)27-34(5)48-36(7)41(55)30-42(56)38(11-2)25-32(3)24-33(4)26-46(62-8)49-47(63-9)28-35(6)53(61,67-49)50(58)51(59)54-22-16-15-19-40(54)52(60)66-48/h12-14,17-18,25,27,33,35-38,40-41,43-49,55,57,61H,10-11,15-16,19-24,26,28-31H2,1-9H3. The van der Waals surface area contributed by atoms with Gasteiger partial charge >= 0.3 is 5.97 Å². The zero-order valence-electron chi connectivity index (χ0n) is 41.6. The minimum Gasteiger partial charge on any atom is -0.456 e. The topological polar surface area (TPSA) is 188 Å². The largest absolute Gasteiger partial charge is 0.456 e. The summed E-state index contributed by atoms with van der Waals surface area (Å²) >= 11 is 0. The zero-order valence-corrected chi connectivity index (χ0v) is 41.6. The van der Waals surface area contributed by atoms with E-state index in [1.807, 2.05) is 64.1 Å². The summed E-state index contributed by atoms with van der Waals surface area (Å²) in [6.07, 6.45) is 4.32. The first-order valence-electron chi connectivity index (χ1n) is 25.0. The van der Waals surface area contributed by atoms with Crippen LogP contribution in [0.25, 0.3) is 0 Å². The van der Waals surface area contributed by atoms with E-state index in [1.54, 1.807) is 13.8 Å².